The van der Waals surface area contributed by atoms with Crippen molar-refractivity contribution in [1.29, 1.82) is 0 Å². The third-order valence-corrected chi connectivity index (χ3v) is 14.6. The molecular weight excluding hydrogens is 833 g/mol. The lowest BCUT2D eigenvalue weighted by Crippen LogP contribution is -3.20. The number of hydrogen-bond donors (Lipinski definition) is 4. The summed E-state index contributed by atoms with van der Waals surface area (Å²) in [6.45, 7) is 12.5. The number of methoxy groups -OCH3 is 2. The number of aromatic carboxylic acids is 2. The molecule has 0 saturated carbocycles. The maximum absolute atomic E-state index is 11.2. The normalized spacial score (nSPS) is 24.7. The van der Waals surface area contributed by atoms with Crippen molar-refractivity contribution >= 4 is 33.7 Å². The van der Waals surface area contributed by atoms with Gasteiger partial charge in [-0.15, -0.1) is 13.2 Å². The number of fused-ring (bicyclic) bond motifs is 8. The van der Waals surface area contributed by atoms with Gasteiger partial charge in [0.05, 0.1) is 63.4 Å². The molecule has 0 aliphatic carbocycles. The molecule has 12 nitrogen and oxygen atoms in total. The van der Waals surface area contributed by atoms with Crippen molar-refractivity contribution in [1.82, 2.24) is 9.97 Å². The van der Waals surface area contributed by atoms with Crippen LogP contribution in [0.3, 0.4) is 0 Å². The molecule has 6 aromatic rings. The zero-order valence-corrected chi connectivity index (χ0v) is 37.5. The maximum Gasteiger partial charge on any atom is 0.131 e. The smallest absolute Gasteiger partial charge is 0.131 e. The predicted molar refractivity (Wildman–Crippen MR) is 249 cm³/mol. The van der Waals surface area contributed by atoms with Crippen molar-refractivity contribution in [3.8, 4) is 22.6 Å². The van der Waals surface area contributed by atoms with Crippen molar-refractivity contribution < 1.29 is 49.3 Å². The highest BCUT2D eigenvalue weighted by atomic mass is 16.5. The van der Waals surface area contributed by atoms with E-state index in [2.05, 4.69) is 35.3 Å². The van der Waals surface area contributed by atoms with Crippen molar-refractivity contribution in [2.75, 3.05) is 40.4 Å². The van der Waals surface area contributed by atoms with E-state index in [1.807, 2.05) is 48.5 Å². The van der Waals surface area contributed by atoms with E-state index in [4.69, 9.17) is 9.47 Å². The Morgan fingerprint density at radius 2 is 1.06 bits per heavy atom. The summed E-state index contributed by atoms with van der Waals surface area (Å²) in [7, 11) is 3.33. The Bertz CT molecular complexity index is 2540. The van der Waals surface area contributed by atoms with Gasteiger partial charge in [-0.1, -0.05) is 60.7 Å². The second-order valence-corrected chi connectivity index (χ2v) is 17.9. The Labute approximate surface area is 385 Å². The zero-order valence-electron chi connectivity index (χ0n) is 37.5. The number of ether oxygens (including phenoxy) is 2. The van der Waals surface area contributed by atoms with E-state index in [0.717, 1.165) is 83.5 Å². The molecule has 6 saturated heterocycles. The molecule has 0 radical (unpaired) electrons. The summed E-state index contributed by atoms with van der Waals surface area (Å²) < 4.78 is 10.7. The van der Waals surface area contributed by atoms with Gasteiger partial charge in [-0.25, -0.2) is 0 Å². The van der Waals surface area contributed by atoms with Crippen LogP contribution in [0.2, 0.25) is 0 Å². The molecular formula is C54H58N4O8. The van der Waals surface area contributed by atoms with Crippen molar-refractivity contribution in [2.45, 2.75) is 50.0 Å². The highest BCUT2D eigenvalue weighted by Gasteiger charge is 2.47. The van der Waals surface area contributed by atoms with Gasteiger partial charge in [0.25, 0.3) is 0 Å². The van der Waals surface area contributed by atoms with Crippen LogP contribution in [0.15, 0.2) is 135 Å². The first-order valence-electron chi connectivity index (χ1n) is 22.8. The van der Waals surface area contributed by atoms with E-state index in [0.29, 0.717) is 34.8 Å². The SMILES string of the molecule is C=C[C@H]1C[NH+]2CC[C@H]1C[C@H]2[C@H](O)c1ccnc2ccc(OC)cc12.C=C[C@H]1C[NH+]2CC[C@H]1C[C@H]2[C@H](O)c1ccnc2ccc(OC)cc12.O=C([O-])c1ccccc1-c1ccccc1C(=O)[O-]. The van der Waals surface area contributed by atoms with Gasteiger partial charge in [-0.3, -0.25) is 9.97 Å². The van der Waals surface area contributed by atoms with Crippen LogP contribution < -0.4 is 29.5 Å². The number of pyridine rings is 2. The fourth-order valence-electron chi connectivity index (χ4n) is 11.1. The summed E-state index contributed by atoms with van der Waals surface area (Å²) in [6, 6.07) is 28.3. The molecule has 12 rings (SSSR count). The minimum atomic E-state index is -1.35. The number of rotatable bonds is 11. The number of aliphatic hydroxyl groups is 2. The lowest BCUT2D eigenvalue weighted by atomic mass is 9.73. The van der Waals surface area contributed by atoms with Crippen molar-refractivity contribution in [2.24, 2.45) is 23.7 Å². The van der Waals surface area contributed by atoms with Crippen LogP contribution in [0.25, 0.3) is 32.9 Å². The van der Waals surface area contributed by atoms with Gasteiger partial charge in [0.15, 0.2) is 0 Å². The molecule has 8 heterocycles. The Balaban J connectivity index is 0.000000136. The van der Waals surface area contributed by atoms with Crippen molar-refractivity contribution in [3.05, 3.63) is 157 Å². The number of benzene rings is 4. The molecule has 0 spiro atoms. The molecule has 12 heteroatoms. The third-order valence-electron chi connectivity index (χ3n) is 14.6. The lowest BCUT2D eigenvalue weighted by Gasteiger charge is -2.47. The summed E-state index contributed by atoms with van der Waals surface area (Å²) in [4.78, 5) is 33.9. The first kappa shape index (κ1) is 46.1. The Morgan fingerprint density at radius 1 is 0.652 bits per heavy atom. The quantitative estimate of drug-likeness (QED) is 0.141. The first-order chi connectivity index (χ1) is 32.0. The van der Waals surface area contributed by atoms with Crippen molar-refractivity contribution in [3.63, 3.8) is 0 Å². The van der Waals surface area contributed by atoms with Gasteiger partial charge < -0.3 is 49.3 Å². The number of aromatic nitrogens is 2. The largest absolute Gasteiger partial charge is 0.545 e. The predicted octanol–water partition coefficient (Wildman–Crippen LogP) is 3.59. The first-order valence-corrected chi connectivity index (χ1v) is 22.8. The summed E-state index contributed by atoms with van der Waals surface area (Å²) in [5, 5.41) is 46.3. The number of carbonyl (C=O) groups excluding carboxylic acids is 2. The number of carbonyl (C=O) groups is 2. The Hall–Kier alpha value is -6.44. The molecule has 6 aliphatic heterocycles. The average molecular weight is 891 g/mol. The van der Waals surface area contributed by atoms with Crippen LogP contribution in [0.1, 0.15) is 69.7 Å². The summed E-state index contributed by atoms with van der Waals surface area (Å²) in [5.41, 5.74) is 4.26. The standard InChI is InChI=1S/2C20H24N2O2.C14H10O4/c2*1-3-13-12-22-9-7-14(13)10-19(22)20(23)16-6-8-21-18-5-4-15(24-2)11-17(16)18;15-13(16)11-7-3-1-5-9(11)10-6-2-4-8-12(10)14(17)18/h2*3-6,8,11,13-14,19-20,23H,1,7,9-10,12H2,2H3;1-8H,(H,15,16)(H,17,18)/t2*13-,14-,19-,20+;/m00./s1. The molecule has 66 heavy (non-hydrogen) atoms. The maximum atomic E-state index is 11.2. The van der Waals surface area contributed by atoms with Crippen LogP contribution in [0.4, 0.5) is 0 Å². The zero-order chi connectivity index (χ0) is 46.5. The van der Waals surface area contributed by atoms with Crippen LogP contribution in [-0.2, 0) is 0 Å². The summed E-state index contributed by atoms with van der Waals surface area (Å²) in [6.07, 6.45) is 11.5. The molecule has 4 bridgehead atoms. The number of piperidine rings is 6. The van der Waals surface area contributed by atoms with E-state index < -0.39 is 24.1 Å². The highest BCUT2D eigenvalue weighted by molar-refractivity contribution is 6.00. The highest BCUT2D eigenvalue weighted by Crippen LogP contribution is 2.37. The Kier molecular flexibility index (Phi) is 14.2. The van der Waals surface area contributed by atoms with Gasteiger partial charge in [-0.2, -0.15) is 0 Å². The number of hydrogen-bond acceptors (Lipinski definition) is 10. The number of aliphatic hydroxyl groups excluding tert-OH is 2. The topological polar surface area (TPSA) is 174 Å². The summed E-state index contributed by atoms with van der Waals surface area (Å²) >= 11 is 0. The van der Waals surface area contributed by atoms with Crippen LogP contribution >= 0.6 is 0 Å². The van der Waals surface area contributed by atoms with Crippen LogP contribution in [0.5, 0.6) is 11.5 Å². The molecule has 0 amide bonds. The molecule has 2 unspecified atom stereocenters. The number of nitrogens with zero attached hydrogens (tertiary/aromatic N) is 2. The average Bonchev–Trinajstić information content (AvgIpc) is 3.37. The molecule has 10 atom stereocenters. The van der Waals surface area contributed by atoms with Gasteiger partial charge in [0.2, 0.25) is 0 Å². The van der Waals surface area contributed by atoms with E-state index in [-0.39, 0.29) is 23.2 Å². The number of nitrogens with one attached hydrogen (secondary N) is 2. The molecule has 6 fully saturated rings. The van der Waals surface area contributed by atoms with E-state index in [9.17, 15) is 30.0 Å². The second-order valence-electron chi connectivity index (χ2n) is 17.9. The third kappa shape index (κ3) is 9.45. The van der Waals surface area contributed by atoms with Crippen LogP contribution in [0, 0.1) is 23.7 Å². The molecule has 2 aromatic heterocycles. The fourth-order valence-corrected chi connectivity index (χ4v) is 11.1. The number of carboxylic acid groups (broad SMARTS) is 2. The number of quaternary nitrogens is 2. The van der Waals surface area contributed by atoms with E-state index >= 15 is 0 Å². The minimum Gasteiger partial charge on any atom is -0.545 e. The fraction of sp³-hybridized carbons (Fsp3) is 0.333. The molecule has 4 aromatic carbocycles. The number of carboxylic acids is 2. The minimum absolute atomic E-state index is 0.0498. The molecule has 4 N–H and O–H groups in total. The van der Waals surface area contributed by atoms with Gasteiger partial charge >= 0.3 is 0 Å². The van der Waals surface area contributed by atoms with E-state index in [1.165, 1.54) is 46.9 Å². The molecule has 342 valence electrons. The monoisotopic (exact) mass is 890 g/mol. The van der Waals surface area contributed by atoms with Gasteiger partial charge in [-0.05, 0) is 82.6 Å². The van der Waals surface area contributed by atoms with Gasteiger partial charge in [0, 0.05) is 71.8 Å². The van der Waals surface area contributed by atoms with Crippen LogP contribution in [-0.4, -0.2) is 84.6 Å². The van der Waals surface area contributed by atoms with E-state index in [1.54, 1.807) is 50.9 Å². The Morgan fingerprint density at radius 3 is 1.41 bits per heavy atom. The molecule has 6 aliphatic rings. The second kappa shape index (κ2) is 20.4. The summed E-state index contributed by atoms with van der Waals surface area (Å²) in [5.74, 6) is 1.45. The van der Waals surface area contributed by atoms with Gasteiger partial charge in [0.1, 0.15) is 35.8 Å². The lowest BCUT2D eigenvalue weighted by molar-refractivity contribution is -0.949.